The lowest BCUT2D eigenvalue weighted by molar-refractivity contribution is -0.134. The first-order valence-electron chi connectivity index (χ1n) is 3.93. The fourth-order valence-electron chi connectivity index (χ4n) is 0.978. The number of allylic oxidation sites excluding steroid dienone is 4. The number of esters is 1. The van der Waals surface area contributed by atoms with Crippen LogP contribution in [-0.4, -0.2) is 5.97 Å². The summed E-state index contributed by atoms with van der Waals surface area (Å²) >= 11 is 0. The fraction of sp³-hybridized carbons (Fsp3) is 0.300. The Kier molecular flexibility index (Phi) is 2.86. The average Bonchev–Trinajstić information content (AvgIpc) is 2.09. The number of hydrogen-bond acceptors (Lipinski definition) is 2. The van der Waals surface area contributed by atoms with Crippen LogP contribution in [0.3, 0.4) is 0 Å². The molecule has 0 unspecified atom stereocenters. The van der Waals surface area contributed by atoms with Crippen LogP contribution in [0.5, 0.6) is 0 Å². The number of ether oxygens (including phenoxy) is 1. The van der Waals surface area contributed by atoms with Crippen LogP contribution in [0.15, 0.2) is 36.1 Å². The second-order valence-corrected chi connectivity index (χ2v) is 2.77. The zero-order valence-electron chi connectivity index (χ0n) is 7.17. The van der Waals surface area contributed by atoms with Crippen molar-refractivity contribution in [2.45, 2.75) is 19.8 Å². The van der Waals surface area contributed by atoms with Gasteiger partial charge >= 0.3 is 5.97 Å². The molecule has 0 heterocycles. The van der Waals surface area contributed by atoms with E-state index in [4.69, 9.17) is 4.74 Å². The molecule has 0 amide bonds. The number of hydrogen-bond donors (Lipinski definition) is 0. The van der Waals surface area contributed by atoms with Gasteiger partial charge in [-0.1, -0.05) is 18.2 Å². The summed E-state index contributed by atoms with van der Waals surface area (Å²) in [4.78, 5) is 10.8. The van der Waals surface area contributed by atoms with Crippen LogP contribution < -0.4 is 0 Å². The van der Waals surface area contributed by atoms with Gasteiger partial charge < -0.3 is 4.74 Å². The third-order valence-electron chi connectivity index (χ3n) is 1.72. The van der Waals surface area contributed by atoms with Crippen LogP contribution in [0.2, 0.25) is 0 Å². The third kappa shape index (κ3) is 2.38. The average molecular weight is 164 g/mol. The van der Waals surface area contributed by atoms with Crippen LogP contribution in [-0.2, 0) is 9.53 Å². The van der Waals surface area contributed by atoms with Gasteiger partial charge in [-0.15, -0.1) is 0 Å². The minimum absolute atomic E-state index is 0.380. The molecule has 64 valence electrons. The van der Waals surface area contributed by atoms with Crippen molar-refractivity contribution in [1.29, 1.82) is 0 Å². The SMILES string of the molecule is C=CC(=O)OC1=CC=C(C)CC1. The van der Waals surface area contributed by atoms with E-state index in [1.807, 2.05) is 12.2 Å². The maximum absolute atomic E-state index is 10.8. The first kappa shape index (κ1) is 8.78. The maximum atomic E-state index is 10.8. The van der Waals surface area contributed by atoms with E-state index in [-0.39, 0.29) is 5.97 Å². The molecule has 2 nitrogen and oxygen atoms in total. The fourth-order valence-corrected chi connectivity index (χ4v) is 0.978. The first-order chi connectivity index (χ1) is 5.72. The van der Waals surface area contributed by atoms with Gasteiger partial charge in [-0.25, -0.2) is 4.79 Å². The van der Waals surface area contributed by atoms with Gasteiger partial charge in [-0.2, -0.15) is 0 Å². The summed E-state index contributed by atoms with van der Waals surface area (Å²) in [6, 6.07) is 0. The minimum atomic E-state index is -0.380. The van der Waals surface area contributed by atoms with E-state index in [1.54, 1.807) is 0 Å². The lowest BCUT2D eigenvalue weighted by Crippen LogP contribution is -2.02. The Morgan fingerprint density at radius 3 is 2.83 bits per heavy atom. The standard InChI is InChI=1S/C10H12O2/c1-3-10(11)12-9-6-4-8(2)5-7-9/h3-4,6H,1,5,7H2,2H3. The van der Waals surface area contributed by atoms with Gasteiger partial charge in [0, 0.05) is 12.5 Å². The van der Waals surface area contributed by atoms with Crippen molar-refractivity contribution in [3.05, 3.63) is 36.1 Å². The number of carbonyl (C=O) groups is 1. The van der Waals surface area contributed by atoms with E-state index in [0.717, 1.165) is 18.6 Å². The molecule has 0 atom stereocenters. The second-order valence-electron chi connectivity index (χ2n) is 2.77. The molecule has 0 aromatic carbocycles. The number of rotatable bonds is 2. The largest absolute Gasteiger partial charge is 0.428 e. The van der Waals surface area contributed by atoms with Crippen LogP contribution in [0.4, 0.5) is 0 Å². The Morgan fingerprint density at radius 1 is 1.58 bits per heavy atom. The molecule has 0 aliphatic heterocycles. The topological polar surface area (TPSA) is 26.3 Å². The van der Waals surface area contributed by atoms with Crippen molar-refractivity contribution in [1.82, 2.24) is 0 Å². The Balaban J connectivity index is 2.54. The highest BCUT2D eigenvalue weighted by atomic mass is 16.5. The molecule has 2 heteroatoms. The van der Waals surface area contributed by atoms with E-state index in [9.17, 15) is 4.79 Å². The Labute approximate surface area is 72.2 Å². The summed E-state index contributed by atoms with van der Waals surface area (Å²) in [5.41, 5.74) is 1.31. The van der Waals surface area contributed by atoms with E-state index in [1.165, 1.54) is 11.6 Å². The highest BCUT2D eigenvalue weighted by Gasteiger charge is 2.06. The summed E-state index contributed by atoms with van der Waals surface area (Å²) in [5.74, 6) is 0.347. The highest BCUT2D eigenvalue weighted by molar-refractivity contribution is 5.82. The van der Waals surface area contributed by atoms with E-state index in [0.29, 0.717) is 0 Å². The first-order valence-corrected chi connectivity index (χ1v) is 3.93. The summed E-state index contributed by atoms with van der Waals surface area (Å²) in [6.07, 6.45) is 6.75. The van der Waals surface area contributed by atoms with Gasteiger partial charge in [0.2, 0.25) is 0 Å². The molecule has 0 bridgehead atoms. The zero-order chi connectivity index (χ0) is 8.97. The monoisotopic (exact) mass is 164 g/mol. The van der Waals surface area contributed by atoms with Crippen molar-refractivity contribution < 1.29 is 9.53 Å². The van der Waals surface area contributed by atoms with E-state index in [2.05, 4.69) is 13.5 Å². The highest BCUT2D eigenvalue weighted by Crippen LogP contribution is 2.18. The molecule has 1 rings (SSSR count). The molecule has 0 aromatic rings. The van der Waals surface area contributed by atoms with Crippen LogP contribution in [0.1, 0.15) is 19.8 Å². The van der Waals surface area contributed by atoms with Crippen molar-refractivity contribution in [3.8, 4) is 0 Å². The normalized spacial score (nSPS) is 16.1. The molecule has 0 fully saturated rings. The molecule has 0 saturated carbocycles. The number of carbonyl (C=O) groups excluding carboxylic acids is 1. The molecule has 12 heavy (non-hydrogen) atoms. The van der Waals surface area contributed by atoms with Crippen LogP contribution in [0, 0.1) is 0 Å². The molecular formula is C10H12O2. The van der Waals surface area contributed by atoms with Gasteiger partial charge in [-0.05, 0) is 19.4 Å². The second kappa shape index (κ2) is 3.90. The summed E-state index contributed by atoms with van der Waals surface area (Å²) < 4.78 is 4.95. The van der Waals surface area contributed by atoms with Crippen molar-refractivity contribution in [3.63, 3.8) is 0 Å². The minimum Gasteiger partial charge on any atom is -0.428 e. The van der Waals surface area contributed by atoms with Crippen molar-refractivity contribution in [2.75, 3.05) is 0 Å². The van der Waals surface area contributed by atoms with Gasteiger partial charge in [0.25, 0.3) is 0 Å². The van der Waals surface area contributed by atoms with E-state index >= 15 is 0 Å². The Bertz CT molecular complexity index is 259. The molecular weight excluding hydrogens is 152 g/mol. The lowest BCUT2D eigenvalue weighted by atomic mass is 10.1. The van der Waals surface area contributed by atoms with E-state index < -0.39 is 0 Å². The molecule has 0 N–H and O–H groups in total. The predicted octanol–water partition coefficient (Wildman–Crippen LogP) is 2.34. The summed E-state index contributed by atoms with van der Waals surface area (Å²) in [6.45, 7) is 5.38. The Morgan fingerprint density at radius 2 is 2.33 bits per heavy atom. The molecule has 0 radical (unpaired) electrons. The van der Waals surface area contributed by atoms with Gasteiger partial charge in [0.15, 0.2) is 0 Å². The Hall–Kier alpha value is -1.31. The molecule has 1 aliphatic carbocycles. The summed E-state index contributed by atoms with van der Waals surface area (Å²) in [5, 5.41) is 0. The van der Waals surface area contributed by atoms with Gasteiger partial charge in [0.1, 0.15) is 5.76 Å². The van der Waals surface area contributed by atoms with Crippen molar-refractivity contribution in [2.24, 2.45) is 0 Å². The van der Waals surface area contributed by atoms with Gasteiger partial charge in [-0.3, -0.25) is 0 Å². The quantitative estimate of drug-likeness (QED) is 0.462. The summed E-state index contributed by atoms with van der Waals surface area (Å²) in [7, 11) is 0. The molecule has 0 aromatic heterocycles. The molecule has 0 saturated heterocycles. The van der Waals surface area contributed by atoms with Gasteiger partial charge in [0.05, 0.1) is 0 Å². The third-order valence-corrected chi connectivity index (χ3v) is 1.72. The molecule has 0 spiro atoms. The smallest absolute Gasteiger partial charge is 0.335 e. The zero-order valence-corrected chi connectivity index (χ0v) is 7.17. The molecule has 1 aliphatic rings. The maximum Gasteiger partial charge on any atom is 0.335 e. The van der Waals surface area contributed by atoms with Crippen LogP contribution in [0.25, 0.3) is 0 Å². The lowest BCUT2D eigenvalue weighted by Gasteiger charge is -2.10. The van der Waals surface area contributed by atoms with Crippen LogP contribution >= 0.6 is 0 Å². The van der Waals surface area contributed by atoms with Crippen molar-refractivity contribution >= 4 is 5.97 Å². The predicted molar refractivity (Wildman–Crippen MR) is 47.4 cm³/mol.